The van der Waals surface area contributed by atoms with Gasteiger partial charge in [0.05, 0.1) is 21.8 Å². The van der Waals surface area contributed by atoms with E-state index in [4.69, 9.17) is 11.6 Å². The predicted octanol–water partition coefficient (Wildman–Crippen LogP) is 5.41. The average Bonchev–Trinajstić information content (AvgIpc) is 3.14. The predicted molar refractivity (Wildman–Crippen MR) is 121 cm³/mol. The van der Waals surface area contributed by atoms with Crippen molar-refractivity contribution in [2.45, 2.75) is 17.6 Å². The molecular formula is C22H18ClF3N4O2S. The number of anilines is 2. The largest absolute Gasteiger partial charge is 0.416 e. The van der Waals surface area contributed by atoms with Gasteiger partial charge in [-0.2, -0.15) is 13.2 Å². The number of hydrogen-bond donors (Lipinski definition) is 2. The zero-order valence-electron chi connectivity index (χ0n) is 17.2. The molecule has 0 aliphatic rings. The third-order valence-electron chi connectivity index (χ3n) is 4.99. The van der Waals surface area contributed by atoms with Crippen molar-refractivity contribution in [1.29, 1.82) is 0 Å². The van der Waals surface area contributed by atoms with Crippen LogP contribution in [0.5, 0.6) is 0 Å². The first-order valence-electron chi connectivity index (χ1n) is 9.69. The number of rotatable bonds is 6. The van der Waals surface area contributed by atoms with Gasteiger partial charge in [0, 0.05) is 36.2 Å². The van der Waals surface area contributed by atoms with Crippen LogP contribution >= 0.6 is 11.6 Å². The standard InChI is InChI=1S/C22H18ClF3N4O2S/c1-27-11-14-13-30(33(31,32)17-3-2-8-28-12-17)21-10-16(5-6-18(14)21)29-20-7-4-15(9-19(20)23)22(24,25)26/h2-10,12-13,27,29H,11H2,1H3. The van der Waals surface area contributed by atoms with Crippen molar-refractivity contribution >= 4 is 43.9 Å². The monoisotopic (exact) mass is 494 g/mol. The Morgan fingerprint density at radius 1 is 1.12 bits per heavy atom. The van der Waals surface area contributed by atoms with E-state index in [1.54, 1.807) is 31.4 Å². The van der Waals surface area contributed by atoms with Crippen molar-refractivity contribution in [1.82, 2.24) is 14.3 Å². The molecule has 4 rings (SSSR count). The molecule has 6 nitrogen and oxygen atoms in total. The minimum atomic E-state index is -4.51. The average molecular weight is 495 g/mol. The summed E-state index contributed by atoms with van der Waals surface area (Å²) in [6, 6.07) is 11.0. The lowest BCUT2D eigenvalue weighted by atomic mass is 10.1. The molecule has 0 radical (unpaired) electrons. The van der Waals surface area contributed by atoms with Crippen LogP contribution in [0.15, 0.2) is 72.0 Å². The van der Waals surface area contributed by atoms with Crippen molar-refractivity contribution in [3.05, 3.63) is 83.3 Å². The van der Waals surface area contributed by atoms with E-state index in [1.807, 2.05) is 0 Å². The van der Waals surface area contributed by atoms with Crippen LogP contribution in [0.25, 0.3) is 10.9 Å². The molecule has 0 aliphatic carbocycles. The van der Waals surface area contributed by atoms with E-state index in [-0.39, 0.29) is 15.6 Å². The normalized spacial score (nSPS) is 12.3. The van der Waals surface area contributed by atoms with E-state index in [0.29, 0.717) is 23.1 Å². The summed E-state index contributed by atoms with van der Waals surface area (Å²) >= 11 is 6.05. The molecule has 2 N–H and O–H groups in total. The Labute approximate surface area is 193 Å². The summed E-state index contributed by atoms with van der Waals surface area (Å²) in [5, 5.41) is 6.58. The highest BCUT2D eigenvalue weighted by molar-refractivity contribution is 7.90. The number of fused-ring (bicyclic) bond motifs is 1. The topological polar surface area (TPSA) is 76.0 Å². The molecule has 0 bridgehead atoms. The Kier molecular flexibility index (Phi) is 6.08. The summed E-state index contributed by atoms with van der Waals surface area (Å²) in [4.78, 5) is 3.92. The van der Waals surface area contributed by atoms with Gasteiger partial charge in [-0.1, -0.05) is 17.7 Å². The van der Waals surface area contributed by atoms with Gasteiger partial charge in [-0.05, 0) is 55.1 Å². The van der Waals surface area contributed by atoms with E-state index < -0.39 is 21.8 Å². The summed E-state index contributed by atoms with van der Waals surface area (Å²) in [6.45, 7) is 0.434. The zero-order valence-corrected chi connectivity index (χ0v) is 18.8. The number of pyridine rings is 1. The van der Waals surface area contributed by atoms with Crippen molar-refractivity contribution in [2.24, 2.45) is 0 Å². The van der Waals surface area contributed by atoms with Gasteiger partial charge in [-0.3, -0.25) is 4.98 Å². The molecule has 4 aromatic rings. The molecule has 0 unspecified atom stereocenters. The molecule has 0 atom stereocenters. The summed E-state index contributed by atoms with van der Waals surface area (Å²) in [5.41, 5.74) is 1.02. The van der Waals surface area contributed by atoms with Gasteiger partial charge in [0.15, 0.2) is 0 Å². The maximum atomic E-state index is 13.3. The second kappa shape index (κ2) is 8.69. The smallest absolute Gasteiger partial charge is 0.354 e. The molecule has 2 aromatic carbocycles. The second-order valence-corrected chi connectivity index (χ2v) is 9.45. The van der Waals surface area contributed by atoms with Crippen molar-refractivity contribution in [2.75, 3.05) is 12.4 Å². The van der Waals surface area contributed by atoms with Gasteiger partial charge in [-0.25, -0.2) is 12.4 Å². The molecule has 33 heavy (non-hydrogen) atoms. The number of nitrogens with one attached hydrogen (secondary N) is 2. The molecule has 11 heteroatoms. The fourth-order valence-electron chi connectivity index (χ4n) is 3.44. The Bertz CT molecular complexity index is 1420. The highest BCUT2D eigenvalue weighted by Crippen LogP contribution is 2.35. The van der Waals surface area contributed by atoms with Crippen LogP contribution < -0.4 is 10.6 Å². The van der Waals surface area contributed by atoms with E-state index in [0.717, 1.165) is 17.7 Å². The summed E-state index contributed by atoms with van der Waals surface area (Å²) in [6.07, 6.45) is -0.220. The van der Waals surface area contributed by atoms with Gasteiger partial charge in [-0.15, -0.1) is 0 Å². The van der Waals surface area contributed by atoms with Crippen LogP contribution in [0.3, 0.4) is 0 Å². The van der Waals surface area contributed by atoms with Gasteiger partial charge < -0.3 is 10.6 Å². The number of hydrogen-bond acceptors (Lipinski definition) is 5. The van der Waals surface area contributed by atoms with Crippen LogP contribution in [0.2, 0.25) is 5.02 Å². The van der Waals surface area contributed by atoms with Crippen LogP contribution in [0, 0.1) is 0 Å². The minimum Gasteiger partial charge on any atom is -0.354 e. The van der Waals surface area contributed by atoms with Gasteiger partial charge in [0.2, 0.25) is 0 Å². The van der Waals surface area contributed by atoms with E-state index >= 15 is 0 Å². The summed E-state index contributed by atoms with van der Waals surface area (Å²) < 4.78 is 66.5. The fourth-order valence-corrected chi connectivity index (χ4v) is 5.01. The van der Waals surface area contributed by atoms with E-state index in [1.165, 1.54) is 34.6 Å². The fraction of sp³-hybridized carbons (Fsp3) is 0.136. The minimum absolute atomic E-state index is 0.0297. The molecule has 2 heterocycles. The lowest BCUT2D eigenvalue weighted by molar-refractivity contribution is -0.137. The molecule has 0 saturated carbocycles. The van der Waals surface area contributed by atoms with Gasteiger partial charge in [0.25, 0.3) is 10.0 Å². The molecule has 0 spiro atoms. The molecule has 0 saturated heterocycles. The summed E-state index contributed by atoms with van der Waals surface area (Å²) in [7, 11) is -2.18. The molecular weight excluding hydrogens is 477 g/mol. The lowest BCUT2D eigenvalue weighted by Gasteiger charge is -2.13. The van der Waals surface area contributed by atoms with E-state index in [2.05, 4.69) is 15.6 Å². The Morgan fingerprint density at radius 3 is 2.55 bits per heavy atom. The highest BCUT2D eigenvalue weighted by atomic mass is 35.5. The first-order valence-corrected chi connectivity index (χ1v) is 11.5. The van der Waals surface area contributed by atoms with Gasteiger partial charge in [0.1, 0.15) is 4.90 Å². The van der Waals surface area contributed by atoms with Crippen LogP contribution in [0.4, 0.5) is 24.5 Å². The van der Waals surface area contributed by atoms with E-state index in [9.17, 15) is 21.6 Å². The Balaban J connectivity index is 1.79. The first-order chi connectivity index (χ1) is 15.6. The van der Waals surface area contributed by atoms with Crippen LogP contribution in [0.1, 0.15) is 11.1 Å². The molecule has 0 amide bonds. The number of alkyl halides is 3. The molecule has 172 valence electrons. The van der Waals surface area contributed by atoms with Crippen molar-refractivity contribution in [3.8, 4) is 0 Å². The highest BCUT2D eigenvalue weighted by Gasteiger charge is 2.31. The summed E-state index contributed by atoms with van der Waals surface area (Å²) in [5.74, 6) is 0. The zero-order chi connectivity index (χ0) is 23.8. The number of aromatic nitrogens is 2. The quantitative estimate of drug-likeness (QED) is 0.375. The number of halogens is 4. The van der Waals surface area contributed by atoms with Crippen LogP contribution in [-0.4, -0.2) is 24.4 Å². The number of nitrogens with zero attached hydrogens (tertiary/aromatic N) is 2. The first kappa shape index (κ1) is 23.1. The van der Waals surface area contributed by atoms with Crippen LogP contribution in [-0.2, 0) is 22.7 Å². The number of benzene rings is 2. The lowest BCUT2D eigenvalue weighted by Crippen LogP contribution is -2.12. The third-order valence-corrected chi connectivity index (χ3v) is 6.96. The maximum absolute atomic E-state index is 13.3. The van der Waals surface area contributed by atoms with Gasteiger partial charge >= 0.3 is 6.18 Å². The Hall–Kier alpha value is -3.08. The molecule has 2 aromatic heterocycles. The second-order valence-electron chi connectivity index (χ2n) is 7.22. The van der Waals surface area contributed by atoms with Crippen molar-refractivity contribution < 1.29 is 21.6 Å². The Morgan fingerprint density at radius 2 is 1.91 bits per heavy atom. The SMILES string of the molecule is CNCc1cn(S(=O)(=O)c2cccnc2)c2cc(Nc3ccc(C(F)(F)F)cc3Cl)ccc12. The molecule has 0 aliphatic heterocycles. The van der Waals surface area contributed by atoms with Crippen molar-refractivity contribution in [3.63, 3.8) is 0 Å². The third kappa shape index (κ3) is 4.54. The molecule has 0 fully saturated rings. The maximum Gasteiger partial charge on any atom is 0.416 e.